The molecule has 0 nitrogen and oxygen atoms in total. The lowest BCUT2D eigenvalue weighted by Crippen LogP contribution is -2.23. The van der Waals surface area contributed by atoms with Gasteiger partial charge in [0.2, 0.25) is 0 Å². The Kier molecular flexibility index (Phi) is 2.79. The number of fused-ring (bicyclic) bond motifs is 3. The van der Waals surface area contributed by atoms with Crippen molar-refractivity contribution in [1.29, 1.82) is 0 Å². The molecule has 3 aliphatic rings. The van der Waals surface area contributed by atoms with Gasteiger partial charge in [0, 0.05) is 5.41 Å². The van der Waals surface area contributed by atoms with Crippen molar-refractivity contribution in [1.82, 2.24) is 0 Å². The molecule has 1 atom stereocenters. The van der Waals surface area contributed by atoms with Gasteiger partial charge in [0.05, 0.1) is 0 Å². The Morgan fingerprint density at radius 1 is 1.05 bits per heavy atom. The third-order valence-corrected chi connectivity index (χ3v) is 5.78. The molecule has 19 heavy (non-hydrogen) atoms. The average molecular weight is 252 g/mol. The van der Waals surface area contributed by atoms with Gasteiger partial charge in [-0.05, 0) is 48.3 Å². The third-order valence-electron chi connectivity index (χ3n) is 5.78. The van der Waals surface area contributed by atoms with E-state index in [2.05, 4.69) is 30.3 Å². The van der Waals surface area contributed by atoms with Crippen molar-refractivity contribution >= 4 is 5.57 Å². The highest BCUT2D eigenvalue weighted by Crippen LogP contribution is 2.57. The second-order valence-corrected chi connectivity index (χ2v) is 6.98. The largest absolute Gasteiger partial charge is 0.0801 e. The Balaban J connectivity index is 1.63. The Morgan fingerprint density at radius 2 is 1.89 bits per heavy atom. The quantitative estimate of drug-likeness (QED) is 0.663. The van der Waals surface area contributed by atoms with E-state index in [0.29, 0.717) is 5.41 Å². The molecule has 100 valence electrons. The predicted molar refractivity (Wildman–Crippen MR) is 81.0 cm³/mol. The van der Waals surface area contributed by atoms with E-state index < -0.39 is 0 Å². The van der Waals surface area contributed by atoms with Crippen LogP contribution in [0.1, 0.15) is 62.5 Å². The molecule has 0 radical (unpaired) electrons. The molecular weight excluding hydrogens is 228 g/mol. The maximum atomic E-state index is 2.55. The molecular formula is C19H24. The summed E-state index contributed by atoms with van der Waals surface area (Å²) in [5, 5.41) is 0. The van der Waals surface area contributed by atoms with Crippen LogP contribution >= 0.6 is 0 Å². The summed E-state index contributed by atoms with van der Waals surface area (Å²) in [4.78, 5) is 0. The van der Waals surface area contributed by atoms with Gasteiger partial charge < -0.3 is 0 Å². The average Bonchev–Trinajstić information content (AvgIpc) is 2.95. The summed E-state index contributed by atoms with van der Waals surface area (Å²) in [7, 11) is 0. The van der Waals surface area contributed by atoms with Crippen LogP contribution in [0.2, 0.25) is 0 Å². The molecule has 1 fully saturated rings. The topological polar surface area (TPSA) is 0 Å². The number of hydrogen-bond donors (Lipinski definition) is 0. The van der Waals surface area contributed by atoms with Crippen molar-refractivity contribution < 1.29 is 0 Å². The van der Waals surface area contributed by atoms with E-state index >= 15 is 0 Å². The maximum Gasteiger partial charge on any atom is 0.000201 e. The number of benzene rings is 1. The van der Waals surface area contributed by atoms with Crippen molar-refractivity contribution in [3.63, 3.8) is 0 Å². The number of allylic oxidation sites excluding steroid dienone is 2. The third kappa shape index (κ3) is 1.88. The molecule has 1 aromatic carbocycles. The molecule has 0 heterocycles. The summed E-state index contributed by atoms with van der Waals surface area (Å²) in [6.07, 6.45) is 15.5. The molecule has 3 aliphatic carbocycles. The summed E-state index contributed by atoms with van der Waals surface area (Å²) in [5.41, 5.74) is 5.44. The molecule has 0 spiro atoms. The van der Waals surface area contributed by atoms with E-state index in [4.69, 9.17) is 0 Å². The van der Waals surface area contributed by atoms with Crippen LogP contribution in [0.4, 0.5) is 0 Å². The van der Waals surface area contributed by atoms with Gasteiger partial charge in [-0.3, -0.25) is 0 Å². The van der Waals surface area contributed by atoms with Crippen LogP contribution in [0.3, 0.4) is 0 Å². The molecule has 1 saturated carbocycles. The highest BCUT2D eigenvalue weighted by molar-refractivity contribution is 5.79. The van der Waals surface area contributed by atoms with Crippen molar-refractivity contribution in [3.05, 3.63) is 41.5 Å². The van der Waals surface area contributed by atoms with Gasteiger partial charge >= 0.3 is 0 Å². The fourth-order valence-electron chi connectivity index (χ4n) is 4.95. The van der Waals surface area contributed by atoms with Crippen LogP contribution < -0.4 is 0 Å². The molecule has 0 saturated heterocycles. The Morgan fingerprint density at radius 3 is 2.79 bits per heavy atom. The monoisotopic (exact) mass is 252 g/mol. The molecule has 0 bridgehead atoms. The first-order valence-electron chi connectivity index (χ1n) is 8.16. The summed E-state index contributed by atoms with van der Waals surface area (Å²) < 4.78 is 0. The SMILES string of the molecule is C1=C2c3ccccc3CC2(CC2CCCCC2)CC1. The van der Waals surface area contributed by atoms with Gasteiger partial charge in [0.15, 0.2) is 0 Å². The molecule has 0 amide bonds. The number of hydrogen-bond acceptors (Lipinski definition) is 0. The standard InChI is InChI=1S/C19H24/c1-2-7-15(8-3-1)13-19-12-6-11-18(19)17-10-5-4-9-16(17)14-19/h4-5,9-11,15H,1-3,6-8,12-14H2. The van der Waals surface area contributed by atoms with Gasteiger partial charge in [0.25, 0.3) is 0 Å². The van der Waals surface area contributed by atoms with Crippen LogP contribution in [-0.4, -0.2) is 0 Å². The summed E-state index contributed by atoms with van der Waals surface area (Å²) >= 11 is 0. The lowest BCUT2D eigenvalue weighted by molar-refractivity contribution is 0.240. The van der Waals surface area contributed by atoms with Crippen LogP contribution in [0, 0.1) is 11.3 Å². The van der Waals surface area contributed by atoms with E-state index in [9.17, 15) is 0 Å². The zero-order valence-corrected chi connectivity index (χ0v) is 11.8. The first kappa shape index (κ1) is 11.8. The van der Waals surface area contributed by atoms with Crippen LogP contribution in [0.15, 0.2) is 30.3 Å². The highest BCUT2D eigenvalue weighted by atomic mass is 14.5. The zero-order valence-electron chi connectivity index (χ0n) is 11.8. The number of rotatable bonds is 2. The maximum absolute atomic E-state index is 2.55. The predicted octanol–water partition coefficient (Wildman–Crippen LogP) is 5.38. The lowest BCUT2D eigenvalue weighted by Gasteiger charge is -2.33. The van der Waals surface area contributed by atoms with E-state index in [1.54, 1.807) is 16.7 Å². The fourth-order valence-corrected chi connectivity index (χ4v) is 4.95. The molecule has 4 rings (SSSR count). The van der Waals surface area contributed by atoms with E-state index in [-0.39, 0.29) is 0 Å². The first-order chi connectivity index (χ1) is 9.37. The first-order valence-corrected chi connectivity index (χ1v) is 8.16. The molecule has 0 aromatic heterocycles. The molecule has 0 N–H and O–H groups in total. The zero-order chi connectivity index (χ0) is 12.7. The van der Waals surface area contributed by atoms with Crippen molar-refractivity contribution in [2.45, 2.75) is 57.8 Å². The Labute approximate surface area is 116 Å². The summed E-state index contributed by atoms with van der Waals surface area (Å²) in [6, 6.07) is 9.15. The van der Waals surface area contributed by atoms with E-state index in [0.717, 1.165) is 5.92 Å². The molecule has 1 unspecified atom stereocenters. The van der Waals surface area contributed by atoms with E-state index in [1.807, 2.05) is 0 Å². The molecule has 0 aliphatic heterocycles. The van der Waals surface area contributed by atoms with Gasteiger partial charge in [-0.15, -0.1) is 0 Å². The second-order valence-electron chi connectivity index (χ2n) is 6.98. The minimum Gasteiger partial charge on any atom is -0.0801 e. The minimum atomic E-state index is 0.533. The second kappa shape index (κ2) is 4.51. The van der Waals surface area contributed by atoms with Crippen LogP contribution in [0.5, 0.6) is 0 Å². The molecule has 0 heteroatoms. The Bertz CT molecular complexity index is 505. The van der Waals surface area contributed by atoms with Crippen LogP contribution in [0.25, 0.3) is 5.57 Å². The van der Waals surface area contributed by atoms with Crippen LogP contribution in [-0.2, 0) is 6.42 Å². The summed E-state index contributed by atoms with van der Waals surface area (Å²) in [6.45, 7) is 0. The van der Waals surface area contributed by atoms with Crippen molar-refractivity contribution in [2.75, 3.05) is 0 Å². The Hall–Kier alpha value is -1.04. The minimum absolute atomic E-state index is 0.533. The molecule has 1 aromatic rings. The normalized spacial score (nSPS) is 30.0. The summed E-state index contributed by atoms with van der Waals surface area (Å²) in [5.74, 6) is 1.00. The van der Waals surface area contributed by atoms with Gasteiger partial charge in [-0.2, -0.15) is 0 Å². The van der Waals surface area contributed by atoms with Gasteiger partial charge in [0.1, 0.15) is 0 Å². The highest BCUT2D eigenvalue weighted by Gasteiger charge is 2.44. The van der Waals surface area contributed by atoms with Crippen molar-refractivity contribution in [3.8, 4) is 0 Å². The fraction of sp³-hybridized carbons (Fsp3) is 0.579. The van der Waals surface area contributed by atoms with Gasteiger partial charge in [-0.1, -0.05) is 62.4 Å². The van der Waals surface area contributed by atoms with Gasteiger partial charge in [-0.25, -0.2) is 0 Å². The lowest BCUT2D eigenvalue weighted by atomic mass is 9.71. The van der Waals surface area contributed by atoms with Crippen molar-refractivity contribution in [2.24, 2.45) is 11.3 Å². The van der Waals surface area contributed by atoms with E-state index in [1.165, 1.54) is 57.8 Å². The smallest absolute Gasteiger partial charge is 0.000201 e.